The molecule has 0 amide bonds. The van der Waals surface area contributed by atoms with Crippen molar-refractivity contribution in [3.8, 4) is 0 Å². The Balaban J connectivity index is 2.93. The maximum atomic E-state index is 6.27. The summed E-state index contributed by atoms with van der Waals surface area (Å²) in [6, 6.07) is 6.13. The van der Waals surface area contributed by atoms with E-state index in [1.807, 2.05) is 12.1 Å². The van der Waals surface area contributed by atoms with E-state index >= 15 is 0 Å². The molecule has 0 aliphatic rings. The molecule has 0 aliphatic carbocycles. The number of benzene rings is 1. The van der Waals surface area contributed by atoms with Crippen LogP contribution in [0.3, 0.4) is 0 Å². The molecular weight excluding hydrogens is 262 g/mol. The lowest BCUT2D eigenvalue weighted by atomic mass is 10.0. The van der Waals surface area contributed by atoms with Gasteiger partial charge in [0.1, 0.15) is 0 Å². The van der Waals surface area contributed by atoms with Crippen molar-refractivity contribution in [1.29, 1.82) is 0 Å². The third-order valence-corrected chi connectivity index (χ3v) is 8.88. The molecule has 3 heteroatoms. The molecule has 0 spiro atoms. The van der Waals surface area contributed by atoms with E-state index in [1.165, 1.54) is 0 Å². The lowest BCUT2D eigenvalue weighted by Gasteiger charge is -2.36. The largest absolute Gasteiger partial charge is 0.412 e. The Morgan fingerprint density at radius 2 is 1.90 bits per heavy atom. The first-order valence-electron chi connectivity index (χ1n) is 7.29. The van der Waals surface area contributed by atoms with Gasteiger partial charge in [-0.15, -0.1) is 0 Å². The normalized spacial score (nSPS) is 12.5. The van der Waals surface area contributed by atoms with Gasteiger partial charge in [0, 0.05) is 11.3 Å². The zero-order valence-corrected chi connectivity index (χ0v) is 14.8. The molecule has 0 aromatic heterocycles. The predicted octanol–water partition coefficient (Wildman–Crippen LogP) is 5.21. The number of hydrogen-bond acceptors (Lipinski definition) is 2. The van der Waals surface area contributed by atoms with Crippen molar-refractivity contribution in [3.63, 3.8) is 0 Å². The van der Waals surface area contributed by atoms with E-state index in [0.717, 1.165) is 28.8 Å². The predicted molar refractivity (Wildman–Crippen MR) is 92.2 cm³/mol. The summed E-state index contributed by atoms with van der Waals surface area (Å²) in [5, 5.41) is 0.215. The molecule has 0 radical (unpaired) electrons. The van der Waals surface area contributed by atoms with Gasteiger partial charge < -0.3 is 10.2 Å². The van der Waals surface area contributed by atoms with Crippen LogP contribution < -0.4 is 5.73 Å². The molecular formula is C17H29NOSi. The van der Waals surface area contributed by atoms with Crippen molar-refractivity contribution in [1.82, 2.24) is 0 Å². The third-order valence-electron chi connectivity index (χ3n) is 4.40. The van der Waals surface area contributed by atoms with Crippen LogP contribution in [0.2, 0.25) is 18.1 Å². The Morgan fingerprint density at radius 3 is 2.40 bits per heavy atom. The average molecular weight is 292 g/mol. The highest BCUT2D eigenvalue weighted by molar-refractivity contribution is 6.74. The second-order valence-corrected chi connectivity index (χ2v) is 11.7. The molecule has 2 N–H and O–H groups in total. The van der Waals surface area contributed by atoms with Gasteiger partial charge >= 0.3 is 0 Å². The number of hydrogen-bond donors (Lipinski definition) is 1. The summed E-state index contributed by atoms with van der Waals surface area (Å²) in [6.07, 6.45) is 0.913. The number of rotatable bonds is 5. The molecule has 1 aromatic rings. The van der Waals surface area contributed by atoms with Crippen LogP contribution in [0, 0.1) is 0 Å². The maximum Gasteiger partial charge on any atom is 0.192 e. The topological polar surface area (TPSA) is 35.2 Å². The Hall–Kier alpha value is -1.06. The van der Waals surface area contributed by atoms with Crippen molar-refractivity contribution >= 4 is 19.6 Å². The Labute approximate surface area is 125 Å². The minimum atomic E-state index is -1.74. The van der Waals surface area contributed by atoms with E-state index in [4.69, 9.17) is 10.2 Å². The van der Waals surface area contributed by atoms with E-state index in [2.05, 4.69) is 53.4 Å². The molecule has 1 aromatic carbocycles. The van der Waals surface area contributed by atoms with Crippen LogP contribution in [0.5, 0.6) is 0 Å². The molecule has 0 aliphatic heterocycles. The summed E-state index contributed by atoms with van der Waals surface area (Å²) < 4.78 is 6.26. The first-order valence-corrected chi connectivity index (χ1v) is 10.2. The zero-order chi connectivity index (χ0) is 15.6. The standard InChI is InChI=1S/C17H29NOSi/c1-8-13(2)15-11-9-10-14(16(15)18)12-19-20(6,7)17(3,4)5/h9-11H,2,8,12,18H2,1,3-7H3. The Bertz CT molecular complexity index is 486. The molecule has 0 saturated heterocycles. The molecule has 20 heavy (non-hydrogen) atoms. The summed E-state index contributed by atoms with van der Waals surface area (Å²) in [6.45, 7) is 18.0. The van der Waals surface area contributed by atoms with Crippen molar-refractivity contribution in [2.45, 2.75) is 58.9 Å². The first kappa shape index (κ1) is 17.0. The highest BCUT2D eigenvalue weighted by Crippen LogP contribution is 2.37. The van der Waals surface area contributed by atoms with Crippen molar-refractivity contribution < 1.29 is 4.43 Å². The zero-order valence-electron chi connectivity index (χ0n) is 13.8. The van der Waals surface area contributed by atoms with Crippen molar-refractivity contribution in [2.24, 2.45) is 0 Å². The second-order valence-electron chi connectivity index (χ2n) is 6.88. The number of para-hydroxylation sites is 1. The SMILES string of the molecule is C=C(CC)c1cccc(CO[Si](C)(C)C(C)(C)C)c1N. The fraction of sp³-hybridized carbons (Fsp3) is 0.529. The molecule has 0 saturated carbocycles. The second kappa shape index (κ2) is 6.14. The minimum Gasteiger partial charge on any atom is -0.412 e. The number of allylic oxidation sites excluding steroid dienone is 1. The molecule has 0 atom stereocenters. The molecule has 0 heterocycles. The molecule has 0 bridgehead atoms. The van der Waals surface area contributed by atoms with Gasteiger partial charge in [0.05, 0.1) is 6.61 Å². The van der Waals surface area contributed by atoms with Crippen LogP contribution >= 0.6 is 0 Å². The number of nitrogens with two attached hydrogens (primary N) is 1. The van der Waals surface area contributed by atoms with Gasteiger partial charge in [0.25, 0.3) is 0 Å². The Morgan fingerprint density at radius 1 is 1.30 bits per heavy atom. The summed E-state index contributed by atoms with van der Waals surface area (Å²) in [4.78, 5) is 0. The van der Waals surface area contributed by atoms with Crippen molar-refractivity contribution in [3.05, 3.63) is 35.9 Å². The lowest BCUT2D eigenvalue weighted by molar-refractivity contribution is 0.277. The van der Waals surface area contributed by atoms with E-state index in [9.17, 15) is 0 Å². The summed E-state index contributed by atoms with van der Waals surface area (Å²) in [5.74, 6) is 0. The van der Waals surface area contributed by atoms with Gasteiger partial charge in [-0.1, -0.05) is 52.5 Å². The van der Waals surface area contributed by atoms with Crippen LogP contribution in [-0.4, -0.2) is 8.32 Å². The van der Waals surface area contributed by atoms with Crippen LogP contribution in [0.1, 0.15) is 45.2 Å². The van der Waals surface area contributed by atoms with E-state index < -0.39 is 8.32 Å². The first-order chi connectivity index (χ1) is 9.10. The van der Waals surface area contributed by atoms with Crippen LogP contribution in [-0.2, 0) is 11.0 Å². The van der Waals surface area contributed by atoms with Gasteiger partial charge in [-0.05, 0) is 35.7 Å². The molecule has 0 fully saturated rings. The molecule has 2 nitrogen and oxygen atoms in total. The van der Waals surface area contributed by atoms with Gasteiger partial charge in [-0.3, -0.25) is 0 Å². The summed E-state index contributed by atoms with van der Waals surface area (Å²) in [7, 11) is -1.74. The van der Waals surface area contributed by atoms with Crippen LogP contribution in [0.4, 0.5) is 5.69 Å². The number of nitrogen functional groups attached to an aromatic ring is 1. The fourth-order valence-corrected chi connectivity index (χ4v) is 2.66. The minimum absolute atomic E-state index is 0.215. The molecule has 0 unspecified atom stereocenters. The third kappa shape index (κ3) is 3.74. The van der Waals surface area contributed by atoms with Gasteiger partial charge in [-0.25, -0.2) is 0 Å². The summed E-state index contributed by atoms with van der Waals surface area (Å²) >= 11 is 0. The van der Waals surface area contributed by atoms with Crippen LogP contribution in [0.25, 0.3) is 5.57 Å². The van der Waals surface area contributed by atoms with E-state index in [-0.39, 0.29) is 5.04 Å². The highest BCUT2D eigenvalue weighted by atomic mass is 28.4. The van der Waals surface area contributed by atoms with Gasteiger partial charge in [0.15, 0.2) is 8.32 Å². The highest BCUT2D eigenvalue weighted by Gasteiger charge is 2.37. The fourth-order valence-electron chi connectivity index (χ4n) is 1.71. The quantitative estimate of drug-likeness (QED) is 0.596. The van der Waals surface area contributed by atoms with Gasteiger partial charge in [0.2, 0.25) is 0 Å². The molecule has 112 valence electrons. The maximum absolute atomic E-state index is 6.27. The smallest absolute Gasteiger partial charge is 0.192 e. The average Bonchev–Trinajstić information content (AvgIpc) is 2.35. The van der Waals surface area contributed by atoms with Crippen molar-refractivity contribution in [2.75, 3.05) is 5.73 Å². The van der Waals surface area contributed by atoms with E-state index in [0.29, 0.717) is 6.61 Å². The molecule has 1 rings (SSSR count). The lowest BCUT2D eigenvalue weighted by Crippen LogP contribution is -2.40. The van der Waals surface area contributed by atoms with Crippen LogP contribution in [0.15, 0.2) is 24.8 Å². The summed E-state index contributed by atoms with van der Waals surface area (Å²) in [5.41, 5.74) is 10.3. The monoisotopic (exact) mass is 291 g/mol. The number of anilines is 1. The van der Waals surface area contributed by atoms with Gasteiger partial charge in [-0.2, -0.15) is 0 Å². The van der Waals surface area contributed by atoms with E-state index in [1.54, 1.807) is 0 Å². The Kier molecular flexibility index (Phi) is 5.22.